The first-order valence-corrected chi connectivity index (χ1v) is 7.45. The zero-order chi connectivity index (χ0) is 12.4. The van der Waals surface area contributed by atoms with Crippen molar-refractivity contribution in [2.75, 3.05) is 5.73 Å². The predicted octanol–water partition coefficient (Wildman–Crippen LogP) is 3.98. The van der Waals surface area contributed by atoms with Crippen LogP contribution in [0.1, 0.15) is 38.5 Å². The summed E-state index contributed by atoms with van der Waals surface area (Å²) in [7, 11) is 0. The van der Waals surface area contributed by atoms with E-state index in [0.29, 0.717) is 6.10 Å². The third-order valence-corrected chi connectivity index (χ3v) is 4.37. The number of fused-ring (bicyclic) bond motifs is 1. The average molecular weight is 262 g/mol. The first kappa shape index (κ1) is 11.8. The Hall–Kier alpha value is -1.29. The molecule has 1 aromatic heterocycles. The van der Waals surface area contributed by atoms with Crippen molar-refractivity contribution in [1.29, 1.82) is 0 Å². The molecule has 1 saturated carbocycles. The maximum absolute atomic E-state index is 6.03. The smallest absolute Gasteiger partial charge is 0.274 e. The van der Waals surface area contributed by atoms with Crippen molar-refractivity contribution >= 4 is 27.2 Å². The average Bonchev–Trinajstić information content (AvgIpc) is 2.57. The molecule has 1 aliphatic rings. The van der Waals surface area contributed by atoms with Crippen molar-refractivity contribution in [2.45, 2.75) is 44.6 Å². The van der Waals surface area contributed by atoms with Gasteiger partial charge in [0.2, 0.25) is 0 Å². The van der Waals surface area contributed by atoms with E-state index in [0.717, 1.165) is 33.9 Å². The second-order valence-electron chi connectivity index (χ2n) is 4.94. The molecule has 2 aromatic rings. The minimum absolute atomic E-state index is 0.352. The maximum atomic E-state index is 6.03. The lowest BCUT2D eigenvalue weighted by atomic mass is 10.2. The third-order valence-electron chi connectivity index (χ3n) is 3.46. The zero-order valence-electron chi connectivity index (χ0n) is 10.4. The van der Waals surface area contributed by atoms with Crippen LogP contribution in [0.3, 0.4) is 0 Å². The Morgan fingerprint density at radius 3 is 2.72 bits per heavy atom. The first-order valence-electron chi connectivity index (χ1n) is 6.64. The van der Waals surface area contributed by atoms with Gasteiger partial charge in [-0.15, -0.1) is 0 Å². The number of hydrogen-bond donors (Lipinski definition) is 1. The number of nitrogens with zero attached hydrogens (tertiary/aromatic N) is 1. The van der Waals surface area contributed by atoms with Gasteiger partial charge in [0.05, 0.1) is 10.2 Å². The van der Waals surface area contributed by atoms with Crippen LogP contribution in [0, 0.1) is 0 Å². The van der Waals surface area contributed by atoms with Gasteiger partial charge >= 0.3 is 0 Å². The molecule has 1 heterocycles. The Bertz CT molecular complexity index is 530. The molecule has 0 unspecified atom stereocenters. The molecule has 1 fully saturated rings. The summed E-state index contributed by atoms with van der Waals surface area (Å²) in [4.78, 5) is 4.52. The maximum Gasteiger partial charge on any atom is 0.274 e. The van der Waals surface area contributed by atoms with Crippen LogP contribution >= 0.6 is 11.3 Å². The molecular formula is C14H18N2OS. The van der Waals surface area contributed by atoms with E-state index in [-0.39, 0.29) is 0 Å². The molecule has 3 rings (SSSR count). The van der Waals surface area contributed by atoms with E-state index >= 15 is 0 Å². The highest BCUT2D eigenvalue weighted by Crippen LogP contribution is 2.31. The Morgan fingerprint density at radius 1 is 1.17 bits per heavy atom. The van der Waals surface area contributed by atoms with Crippen LogP contribution in [-0.4, -0.2) is 11.1 Å². The number of thiazole rings is 1. The highest BCUT2D eigenvalue weighted by molar-refractivity contribution is 7.20. The molecule has 0 bridgehead atoms. The number of anilines is 1. The van der Waals surface area contributed by atoms with E-state index < -0.39 is 0 Å². The van der Waals surface area contributed by atoms with Crippen LogP contribution in [0.4, 0.5) is 5.69 Å². The lowest BCUT2D eigenvalue weighted by Gasteiger charge is -2.13. The monoisotopic (exact) mass is 262 g/mol. The summed E-state index contributed by atoms with van der Waals surface area (Å²) < 4.78 is 7.14. The van der Waals surface area contributed by atoms with Gasteiger partial charge in [-0.05, 0) is 43.9 Å². The van der Waals surface area contributed by atoms with Crippen molar-refractivity contribution in [1.82, 2.24) is 4.98 Å². The van der Waals surface area contributed by atoms with Gasteiger partial charge < -0.3 is 10.5 Å². The van der Waals surface area contributed by atoms with E-state index in [2.05, 4.69) is 4.98 Å². The number of nitrogens with two attached hydrogens (primary N) is 1. The SMILES string of the molecule is Nc1ccc2nc(OC3CCCCCC3)sc2c1. The molecule has 0 amide bonds. The summed E-state index contributed by atoms with van der Waals surface area (Å²) in [5.74, 6) is 0. The fourth-order valence-corrected chi connectivity index (χ4v) is 3.40. The highest BCUT2D eigenvalue weighted by Gasteiger charge is 2.15. The molecule has 0 spiro atoms. The standard InChI is InChI=1S/C14H18N2OS/c15-10-7-8-12-13(9-10)18-14(16-12)17-11-5-3-1-2-4-6-11/h7-9,11H,1-6,15H2. The number of nitrogen functional groups attached to an aromatic ring is 1. The fourth-order valence-electron chi connectivity index (χ4n) is 2.47. The van der Waals surface area contributed by atoms with Crippen LogP contribution in [0.5, 0.6) is 5.19 Å². The van der Waals surface area contributed by atoms with Gasteiger partial charge in [0, 0.05) is 5.69 Å². The van der Waals surface area contributed by atoms with E-state index in [1.807, 2.05) is 18.2 Å². The van der Waals surface area contributed by atoms with Gasteiger partial charge in [0.1, 0.15) is 6.10 Å². The summed E-state index contributed by atoms with van der Waals surface area (Å²) in [6, 6.07) is 5.81. The molecule has 1 aromatic carbocycles. The van der Waals surface area contributed by atoms with Crippen LogP contribution in [0.25, 0.3) is 10.2 Å². The van der Waals surface area contributed by atoms with Crippen LogP contribution in [-0.2, 0) is 0 Å². The first-order chi connectivity index (χ1) is 8.81. The summed E-state index contributed by atoms with van der Waals surface area (Å²) >= 11 is 1.60. The molecule has 18 heavy (non-hydrogen) atoms. The third kappa shape index (κ3) is 2.58. The number of hydrogen-bond acceptors (Lipinski definition) is 4. The topological polar surface area (TPSA) is 48.1 Å². The molecule has 2 N–H and O–H groups in total. The lowest BCUT2D eigenvalue weighted by Crippen LogP contribution is -2.14. The normalized spacial score (nSPS) is 17.8. The van der Waals surface area contributed by atoms with Gasteiger partial charge in [-0.25, -0.2) is 4.98 Å². The quantitative estimate of drug-likeness (QED) is 0.658. The Labute approximate surface area is 111 Å². The number of aromatic nitrogens is 1. The molecule has 96 valence electrons. The fraction of sp³-hybridized carbons (Fsp3) is 0.500. The van der Waals surface area contributed by atoms with Gasteiger partial charge in [-0.2, -0.15) is 0 Å². The Kier molecular flexibility index (Phi) is 3.37. The summed E-state index contributed by atoms with van der Waals surface area (Å²) in [5, 5.41) is 0.794. The van der Waals surface area contributed by atoms with Gasteiger partial charge in [0.15, 0.2) is 0 Å². The molecule has 0 saturated heterocycles. The van der Waals surface area contributed by atoms with Gasteiger partial charge in [-0.3, -0.25) is 0 Å². The predicted molar refractivity (Wildman–Crippen MR) is 76.2 cm³/mol. The van der Waals surface area contributed by atoms with Gasteiger partial charge in [0.25, 0.3) is 5.19 Å². The Morgan fingerprint density at radius 2 is 1.94 bits per heavy atom. The number of ether oxygens (including phenoxy) is 1. The number of rotatable bonds is 2. The lowest BCUT2D eigenvalue weighted by molar-refractivity contribution is 0.183. The molecule has 1 aliphatic carbocycles. The highest BCUT2D eigenvalue weighted by atomic mass is 32.1. The zero-order valence-corrected chi connectivity index (χ0v) is 11.2. The molecule has 3 nitrogen and oxygen atoms in total. The van der Waals surface area contributed by atoms with Crippen molar-refractivity contribution < 1.29 is 4.74 Å². The molecular weight excluding hydrogens is 244 g/mol. The summed E-state index contributed by atoms with van der Waals surface area (Å²) in [6.45, 7) is 0. The second-order valence-corrected chi connectivity index (χ2v) is 5.93. The summed E-state index contributed by atoms with van der Waals surface area (Å²) in [5.41, 5.74) is 7.54. The van der Waals surface area contributed by atoms with Gasteiger partial charge in [-0.1, -0.05) is 24.2 Å². The van der Waals surface area contributed by atoms with E-state index in [9.17, 15) is 0 Å². The number of benzene rings is 1. The van der Waals surface area contributed by atoms with E-state index in [1.54, 1.807) is 11.3 Å². The molecule has 4 heteroatoms. The van der Waals surface area contributed by atoms with Crippen molar-refractivity contribution in [2.24, 2.45) is 0 Å². The van der Waals surface area contributed by atoms with Crippen LogP contribution < -0.4 is 10.5 Å². The largest absolute Gasteiger partial charge is 0.467 e. The van der Waals surface area contributed by atoms with Crippen LogP contribution in [0.15, 0.2) is 18.2 Å². The Balaban J connectivity index is 1.77. The van der Waals surface area contributed by atoms with Crippen molar-refractivity contribution in [3.8, 4) is 5.19 Å². The minimum Gasteiger partial charge on any atom is -0.467 e. The molecule has 0 atom stereocenters. The van der Waals surface area contributed by atoms with Crippen molar-refractivity contribution in [3.63, 3.8) is 0 Å². The van der Waals surface area contributed by atoms with Crippen molar-refractivity contribution in [3.05, 3.63) is 18.2 Å². The molecule has 0 aliphatic heterocycles. The summed E-state index contributed by atoms with van der Waals surface area (Å²) in [6.07, 6.45) is 7.93. The second kappa shape index (κ2) is 5.14. The minimum atomic E-state index is 0.352. The van der Waals surface area contributed by atoms with Crippen LogP contribution in [0.2, 0.25) is 0 Å². The molecule has 0 radical (unpaired) electrons. The van der Waals surface area contributed by atoms with E-state index in [4.69, 9.17) is 10.5 Å². The van der Waals surface area contributed by atoms with E-state index in [1.165, 1.54) is 25.7 Å².